The largest absolute Gasteiger partial charge is 0.376 e. The van der Waals surface area contributed by atoms with Crippen molar-refractivity contribution in [3.8, 4) is 0 Å². The Hall–Kier alpha value is -1.29. The van der Waals surface area contributed by atoms with Crippen molar-refractivity contribution in [2.24, 2.45) is 16.7 Å². The Morgan fingerprint density at radius 1 is 1.38 bits per heavy atom. The summed E-state index contributed by atoms with van der Waals surface area (Å²) in [7, 11) is 0. The minimum Gasteiger partial charge on any atom is -0.376 e. The molecular weight excluding hydrogens is 288 g/mol. The average Bonchev–Trinajstić information content (AvgIpc) is 2.85. The molecule has 3 rings (SSSR count). The van der Waals surface area contributed by atoms with Gasteiger partial charge in [-0.3, -0.25) is 10.1 Å². The van der Waals surface area contributed by atoms with Crippen molar-refractivity contribution in [3.05, 3.63) is 33.3 Å². The first-order valence-electron chi connectivity index (χ1n) is 7.44. The van der Waals surface area contributed by atoms with E-state index in [0.29, 0.717) is 16.6 Å². The standard InChI is InChI=1S/C16H21ClN2O2/c1-15(2)10-6-7-16(3,9-10)14(15)18-12-8-11(17)4-5-13(12)19(20)21/h4-5,8,10,14,18H,6-7,9H2,1-3H3/t10-,14?,16+/m0/s1. The van der Waals surface area contributed by atoms with Crippen LogP contribution in [-0.2, 0) is 0 Å². The molecule has 3 atom stereocenters. The second kappa shape index (κ2) is 4.60. The van der Waals surface area contributed by atoms with Crippen molar-refractivity contribution < 1.29 is 4.92 Å². The third-order valence-electron chi connectivity index (χ3n) is 5.72. The predicted octanol–water partition coefficient (Wildman–Crippen LogP) is 4.87. The minimum absolute atomic E-state index is 0.0987. The summed E-state index contributed by atoms with van der Waals surface area (Å²) in [5, 5.41) is 15.2. The zero-order chi connectivity index (χ0) is 15.4. The van der Waals surface area contributed by atoms with Crippen molar-refractivity contribution >= 4 is 23.0 Å². The van der Waals surface area contributed by atoms with Gasteiger partial charge in [0.1, 0.15) is 5.69 Å². The minimum atomic E-state index is -0.346. The molecule has 0 aliphatic heterocycles. The summed E-state index contributed by atoms with van der Waals surface area (Å²) in [6, 6.07) is 4.96. The van der Waals surface area contributed by atoms with E-state index in [1.807, 2.05) is 0 Å². The Labute approximate surface area is 130 Å². The van der Waals surface area contributed by atoms with E-state index in [4.69, 9.17) is 11.6 Å². The van der Waals surface area contributed by atoms with E-state index in [0.717, 1.165) is 0 Å². The van der Waals surface area contributed by atoms with Gasteiger partial charge in [0, 0.05) is 17.1 Å². The molecule has 2 bridgehead atoms. The summed E-state index contributed by atoms with van der Waals surface area (Å²) in [6.07, 6.45) is 3.65. The van der Waals surface area contributed by atoms with Crippen LogP contribution in [0.3, 0.4) is 0 Å². The lowest BCUT2D eigenvalue weighted by atomic mass is 9.68. The van der Waals surface area contributed by atoms with Gasteiger partial charge in [-0.05, 0) is 48.1 Å². The highest BCUT2D eigenvalue weighted by molar-refractivity contribution is 6.31. The Morgan fingerprint density at radius 3 is 2.67 bits per heavy atom. The Balaban J connectivity index is 1.97. The van der Waals surface area contributed by atoms with Crippen LogP contribution in [0.5, 0.6) is 0 Å². The van der Waals surface area contributed by atoms with Crippen LogP contribution in [-0.4, -0.2) is 11.0 Å². The molecule has 2 aliphatic rings. The van der Waals surface area contributed by atoms with Crippen molar-refractivity contribution in [1.29, 1.82) is 0 Å². The van der Waals surface area contributed by atoms with Crippen molar-refractivity contribution in [2.45, 2.75) is 46.1 Å². The lowest BCUT2D eigenvalue weighted by Gasteiger charge is -2.43. The number of benzene rings is 1. The molecule has 2 aliphatic carbocycles. The maximum Gasteiger partial charge on any atom is 0.292 e. The molecule has 0 aromatic heterocycles. The van der Waals surface area contributed by atoms with Gasteiger partial charge in [-0.2, -0.15) is 0 Å². The van der Waals surface area contributed by atoms with Crippen LogP contribution in [0.4, 0.5) is 11.4 Å². The van der Waals surface area contributed by atoms with Gasteiger partial charge in [0.2, 0.25) is 0 Å². The van der Waals surface area contributed by atoms with Crippen LogP contribution >= 0.6 is 11.6 Å². The third kappa shape index (κ3) is 2.20. The SMILES string of the molecule is CC1(C)C(Nc2cc(Cl)ccc2[N+](=O)[O-])[C@]2(C)CC[C@H]1C2. The highest BCUT2D eigenvalue weighted by Crippen LogP contribution is 2.63. The van der Waals surface area contributed by atoms with Crippen molar-refractivity contribution in [2.75, 3.05) is 5.32 Å². The topological polar surface area (TPSA) is 55.2 Å². The summed E-state index contributed by atoms with van der Waals surface area (Å²) in [5.41, 5.74) is 0.994. The van der Waals surface area contributed by atoms with E-state index in [9.17, 15) is 10.1 Å². The zero-order valence-corrected chi connectivity index (χ0v) is 13.4. The third-order valence-corrected chi connectivity index (χ3v) is 5.96. The molecule has 0 amide bonds. The first kappa shape index (κ1) is 14.6. The van der Waals surface area contributed by atoms with Crippen LogP contribution in [0, 0.1) is 26.9 Å². The molecule has 1 aromatic carbocycles. The fourth-order valence-electron chi connectivity index (χ4n) is 4.60. The maximum atomic E-state index is 11.2. The molecule has 0 heterocycles. The van der Waals surface area contributed by atoms with Gasteiger partial charge in [0.15, 0.2) is 0 Å². The van der Waals surface area contributed by atoms with E-state index in [2.05, 4.69) is 26.1 Å². The second-order valence-electron chi connectivity index (χ2n) is 7.41. The molecule has 1 unspecified atom stereocenters. The average molecular weight is 309 g/mol. The van der Waals surface area contributed by atoms with Crippen LogP contribution in [0.15, 0.2) is 18.2 Å². The molecule has 2 saturated carbocycles. The van der Waals surface area contributed by atoms with Gasteiger partial charge in [0.05, 0.1) is 4.92 Å². The number of hydrogen-bond acceptors (Lipinski definition) is 3. The first-order valence-corrected chi connectivity index (χ1v) is 7.82. The smallest absolute Gasteiger partial charge is 0.292 e. The number of fused-ring (bicyclic) bond motifs is 2. The van der Waals surface area contributed by atoms with Gasteiger partial charge >= 0.3 is 0 Å². The van der Waals surface area contributed by atoms with E-state index in [1.165, 1.54) is 25.3 Å². The summed E-state index contributed by atoms with van der Waals surface area (Å²) < 4.78 is 0. The van der Waals surface area contributed by atoms with Crippen LogP contribution in [0.25, 0.3) is 0 Å². The fraction of sp³-hybridized carbons (Fsp3) is 0.625. The predicted molar refractivity (Wildman–Crippen MR) is 84.7 cm³/mol. The molecule has 114 valence electrons. The highest BCUT2D eigenvalue weighted by atomic mass is 35.5. The summed E-state index contributed by atoms with van der Waals surface area (Å²) >= 11 is 6.03. The van der Waals surface area contributed by atoms with Gasteiger partial charge in [-0.15, -0.1) is 0 Å². The highest BCUT2D eigenvalue weighted by Gasteiger charge is 2.59. The number of halogens is 1. The summed E-state index contributed by atoms with van der Waals surface area (Å²) in [6.45, 7) is 6.85. The van der Waals surface area contributed by atoms with E-state index in [-0.39, 0.29) is 27.5 Å². The number of nitrogens with zero attached hydrogens (tertiary/aromatic N) is 1. The fourth-order valence-corrected chi connectivity index (χ4v) is 4.77. The molecule has 4 nitrogen and oxygen atoms in total. The molecule has 0 spiro atoms. The van der Waals surface area contributed by atoms with Crippen molar-refractivity contribution in [3.63, 3.8) is 0 Å². The molecule has 5 heteroatoms. The lowest BCUT2D eigenvalue weighted by molar-refractivity contribution is -0.384. The summed E-state index contributed by atoms with van der Waals surface area (Å²) in [5.74, 6) is 0.693. The van der Waals surface area contributed by atoms with E-state index in [1.54, 1.807) is 12.1 Å². The number of anilines is 1. The van der Waals surface area contributed by atoms with E-state index < -0.39 is 0 Å². The van der Waals surface area contributed by atoms with Gasteiger partial charge in [0.25, 0.3) is 5.69 Å². The Bertz CT molecular complexity index is 597. The molecule has 21 heavy (non-hydrogen) atoms. The van der Waals surface area contributed by atoms with Gasteiger partial charge in [-0.1, -0.05) is 32.4 Å². The maximum absolute atomic E-state index is 11.2. The van der Waals surface area contributed by atoms with Crippen LogP contribution in [0.2, 0.25) is 5.02 Å². The molecule has 2 fully saturated rings. The number of nitro benzene ring substituents is 1. The van der Waals surface area contributed by atoms with E-state index >= 15 is 0 Å². The lowest BCUT2D eigenvalue weighted by Crippen LogP contribution is -2.45. The second-order valence-corrected chi connectivity index (χ2v) is 7.85. The number of nitrogens with one attached hydrogen (secondary N) is 1. The van der Waals surface area contributed by atoms with Crippen molar-refractivity contribution in [1.82, 2.24) is 0 Å². The summed E-state index contributed by atoms with van der Waals surface area (Å²) in [4.78, 5) is 10.9. The molecule has 0 radical (unpaired) electrons. The quantitative estimate of drug-likeness (QED) is 0.640. The van der Waals surface area contributed by atoms with Crippen LogP contribution < -0.4 is 5.32 Å². The monoisotopic (exact) mass is 308 g/mol. The number of nitro groups is 1. The van der Waals surface area contributed by atoms with Gasteiger partial charge in [-0.25, -0.2) is 0 Å². The number of rotatable bonds is 3. The van der Waals surface area contributed by atoms with Crippen LogP contribution in [0.1, 0.15) is 40.0 Å². The zero-order valence-electron chi connectivity index (χ0n) is 12.6. The molecule has 1 N–H and O–H groups in total. The molecule has 0 saturated heterocycles. The Kier molecular flexibility index (Phi) is 3.21. The normalized spacial score (nSPS) is 33.1. The number of hydrogen-bond donors (Lipinski definition) is 1. The Morgan fingerprint density at radius 2 is 2.10 bits per heavy atom. The van der Waals surface area contributed by atoms with Gasteiger partial charge < -0.3 is 5.32 Å². The molecular formula is C16H21ClN2O2. The first-order chi connectivity index (χ1) is 9.74. The molecule has 1 aromatic rings.